The van der Waals surface area contributed by atoms with Crippen LogP contribution in [0, 0.1) is 5.41 Å². The number of ether oxygens (including phenoxy) is 1. The van der Waals surface area contributed by atoms with Gasteiger partial charge in [-0.1, -0.05) is 39.0 Å². The molecule has 17 heavy (non-hydrogen) atoms. The third-order valence-corrected chi connectivity index (χ3v) is 3.44. The molecule has 2 nitrogen and oxygen atoms in total. The van der Waals surface area contributed by atoms with Gasteiger partial charge in [-0.05, 0) is 35.1 Å². The van der Waals surface area contributed by atoms with Crippen molar-refractivity contribution in [1.82, 2.24) is 5.32 Å². The van der Waals surface area contributed by atoms with E-state index in [1.807, 2.05) is 0 Å². The molecular formula is C15H23NO. The van der Waals surface area contributed by atoms with Gasteiger partial charge in [0.25, 0.3) is 0 Å². The highest BCUT2D eigenvalue weighted by molar-refractivity contribution is 5.37. The summed E-state index contributed by atoms with van der Waals surface area (Å²) in [4.78, 5) is 0. The number of hydrogen-bond donors (Lipinski definition) is 1. The molecule has 0 saturated heterocycles. The van der Waals surface area contributed by atoms with Crippen LogP contribution in [0.4, 0.5) is 0 Å². The number of rotatable bonds is 2. The van der Waals surface area contributed by atoms with Crippen LogP contribution in [0.2, 0.25) is 0 Å². The summed E-state index contributed by atoms with van der Waals surface area (Å²) in [6.07, 6.45) is 1.13. The van der Waals surface area contributed by atoms with Gasteiger partial charge in [0.05, 0.1) is 6.61 Å². The summed E-state index contributed by atoms with van der Waals surface area (Å²) in [7, 11) is 1.75. The fraction of sp³-hybridized carbons (Fsp3) is 0.600. The summed E-state index contributed by atoms with van der Waals surface area (Å²) in [5.41, 5.74) is 4.46. The zero-order valence-electron chi connectivity index (χ0n) is 11.3. The molecule has 0 aliphatic carbocycles. The van der Waals surface area contributed by atoms with Crippen molar-refractivity contribution in [1.29, 1.82) is 0 Å². The number of methoxy groups -OCH3 is 1. The van der Waals surface area contributed by atoms with Gasteiger partial charge in [0.15, 0.2) is 0 Å². The molecule has 2 rings (SSSR count). The summed E-state index contributed by atoms with van der Waals surface area (Å²) in [5.74, 6) is 0. The second kappa shape index (κ2) is 4.79. The van der Waals surface area contributed by atoms with Crippen molar-refractivity contribution in [2.45, 2.75) is 39.8 Å². The number of hydrogen-bond acceptors (Lipinski definition) is 2. The third-order valence-electron chi connectivity index (χ3n) is 3.44. The molecule has 1 unspecified atom stereocenters. The van der Waals surface area contributed by atoms with E-state index in [0.29, 0.717) is 12.6 Å². The molecule has 1 N–H and O–H groups in total. The van der Waals surface area contributed by atoms with Crippen LogP contribution in [0.1, 0.15) is 43.5 Å². The predicted molar refractivity (Wildman–Crippen MR) is 71.1 cm³/mol. The van der Waals surface area contributed by atoms with Crippen LogP contribution in [0.3, 0.4) is 0 Å². The second-order valence-electron chi connectivity index (χ2n) is 5.97. The molecule has 1 aliphatic rings. The van der Waals surface area contributed by atoms with Gasteiger partial charge in [0.1, 0.15) is 0 Å². The normalized spacial score (nSPS) is 20.1. The van der Waals surface area contributed by atoms with Gasteiger partial charge >= 0.3 is 0 Å². The molecule has 0 radical (unpaired) electrons. The Morgan fingerprint density at radius 1 is 1.35 bits per heavy atom. The summed E-state index contributed by atoms with van der Waals surface area (Å²) >= 11 is 0. The van der Waals surface area contributed by atoms with E-state index in [-0.39, 0.29) is 5.41 Å². The van der Waals surface area contributed by atoms with E-state index in [1.54, 1.807) is 7.11 Å². The van der Waals surface area contributed by atoms with E-state index in [1.165, 1.54) is 16.7 Å². The van der Waals surface area contributed by atoms with Crippen LogP contribution in [-0.2, 0) is 17.8 Å². The molecule has 0 spiro atoms. The highest BCUT2D eigenvalue weighted by Crippen LogP contribution is 2.37. The Morgan fingerprint density at radius 3 is 2.76 bits per heavy atom. The first-order valence-corrected chi connectivity index (χ1v) is 6.36. The number of nitrogens with one attached hydrogen (secondary N) is 1. The maximum atomic E-state index is 5.22. The van der Waals surface area contributed by atoms with Crippen LogP contribution >= 0.6 is 0 Å². The Kier molecular flexibility index (Phi) is 3.55. The first kappa shape index (κ1) is 12.6. The fourth-order valence-electron chi connectivity index (χ4n) is 2.63. The second-order valence-corrected chi connectivity index (χ2v) is 5.97. The van der Waals surface area contributed by atoms with Crippen molar-refractivity contribution in [3.63, 3.8) is 0 Å². The van der Waals surface area contributed by atoms with Crippen LogP contribution < -0.4 is 5.32 Å². The maximum absolute atomic E-state index is 5.22. The molecule has 2 heteroatoms. The standard InChI is InChI=1S/C15H23NO/c1-15(2,3)14-13-9-11(10-17-4)5-6-12(13)7-8-16-14/h5-6,9,14,16H,7-8,10H2,1-4H3. The maximum Gasteiger partial charge on any atom is 0.0713 e. The quantitative estimate of drug-likeness (QED) is 0.847. The first-order chi connectivity index (χ1) is 8.02. The zero-order valence-corrected chi connectivity index (χ0v) is 11.3. The molecule has 0 amide bonds. The Hall–Kier alpha value is -0.860. The lowest BCUT2D eigenvalue weighted by molar-refractivity contribution is 0.184. The minimum atomic E-state index is 0.251. The summed E-state index contributed by atoms with van der Waals surface area (Å²) in [5, 5.41) is 3.64. The SMILES string of the molecule is COCc1ccc2c(c1)C(C(C)(C)C)NCC2. The van der Waals surface area contributed by atoms with Crippen molar-refractivity contribution in [3.05, 3.63) is 34.9 Å². The van der Waals surface area contributed by atoms with E-state index in [9.17, 15) is 0 Å². The fourth-order valence-corrected chi connectivity index (χ4v) is 2.63. The molecule has 1 aliphatic heterocycles. The molecule has 0 aromatic heterocycles. The van der Waals surface area contributed by atoms with E-state index in [0.717, 1.165) is 13.0 Å². The van der Waals surface area contributed by atoms with Crippen molar-refractivity contribution in [2.24, 2.45) is 5.41 Å². The number of fused-ring (bicyclic) bond motifs is 1. The molecule has 0 bridgehead atoms. The molecule has 94 valence electrons. The van der Waals surface area contributed by atoms with Gasteiger partial charge in [-0.2, -0.15) is 0 Å². The third kappa shape index (κ3) is 2.70. The van der Waals surface area contributed by atoms with Crippen molar-refractivity contribution in [2.75, 3.05) is 13.7 Å². The Balaban J connectivity index is 2.37. The van der Waals surface area contributed by atoms with Crippen molar-refractivity contribution >= 4 is 0 Å². The van der Waals surface area contributed by atoms with E-state index in [4.69, 9.17) is 4.74 Å². The summed E-state index contributed by atoms with van der Waals surface area (Å²) in [6.45, 7) is 8.66. The van der Waals surface area contributed by atoms with Crippen molar-refractivity contribution in [3.8, 4) is 0 Å². The van der Waals surface area contributed by atoms with Gasteiger partial charge in [-0.3, -0.25) is 0 Å². The summed E-state index contributed by atoms with van der Waals surface area (Å²) < 4.78 is 5.22. The topological polar surface area (TPSA) is 21.3 Å². The van der Waals surface area contributed by atoms with Gasteiger partial charge in [0.2, 0.25) is 0 Å². The highest BCUT2D eigenvalue weighted by Gasteiger charge is 2.30. The smallest absolute Gasteiger partial charge is 0.0713 e. The summed E-state index contributed by atoms with van der Waals surface area (Å²) in [6, 6.07) is 7.21. The number of benzene rings is 1. The minimum Gasteiger partial charge on any atom is -0.380 e. The molecule has 0 saturated carbocycles. The van der Waals surface area contributed by atoms with E-state index >= 15 is 0 Å². The van der Waals surface area contributed by atoms with Gasteiger partial charge in [0, 0.05) is 13.2 Å². The Bertz CT molecular complexity index is 392. The van der Waals surface area contributed by atoms with Crippen LogP contribution in [0.5, 0.6) is 0 Å². The highest BCUT2D eigenvalue weighted by atomic mass is 16.5. The molecule has 1 aromatic carbocycles. The average molecular weight is 233 g/mol. The minimum absolute atomic E-state index is 0.251. The molecular weight excluding hydrogens is 210 g/mol. The zero-order chi connectivity index (χ0) is 12.5. The van der Waals surface area contributed by atoms with Crippen molar-refractivity contribution < 1.29 is 4.74 Å². The van der Waals surface area contributed by atoms with E-state index in [2.05, 4.69) is 44.3 Å². The van der Waals surface area contributed by atoms with Gasteiger partial charge in [-0.15, -0.1) is 0 Å². The Labute approximate surface area is 104 Å². The monoisotopic (exact) mass is 233 g/mol. The predicted octanol–water partition coefficient (Wildman–Crippen LogP) is 3.07. The first-order valence-electron chi connectivity index (χ1n) is 6.36. The molecule has 1 atom stereocenters. The van der Waals surface area contributed by atoms with E-state index < -0.39 is 0 Å². The molecule has 0 fully saturated rings. The molecule has 1 aromatic rings. The molecule has 1 heterocycles. The average Bonchev–Trinajstić information content (AvgIpc) is 2.27. The lowest BCUT2D eigenvalue weighted by atomic mass is 9.78. The van der Waals surface area contributed by atoms with Crippen LogP contribution in [-0.4, -0.2) is 13.7 Å². The van der Waals surface area contributed by atoms with Gasteiger partial charge in [-0.25, -0.2) is 0 Å². The Morgan fingerprint density at radius 2 is 2.12 bits per heavy atom. The van der Waals surface area contributed by atoms with Crippen LogP contribution in [0.25, 0.3) is 0 Å². The lowest BCUT2D eigenvalue weighted by Gasteiger charge is -2.37. The largest absolute Gasteiger partial charge is 0.380 e. The van der Waals surface area contributed by atoms with Crippen LogP contribution in [0.15, 0.2) is 18.2 Å². The van der Waals surface area contributed by atoms with Gasteiger partial charge < -0.3 is 10.1 Å². The lowest BCUT2D eigenvalue weighted by Crippen LogP contribution is -2.37.